The third-order valence-corrected chi connectivity index (χ3v) is 8.09. The van der Waals surface area contributed by atoms with E-state index in [4.69, 9.17) is 26.9 Å². The minimum Gasteiger partial charge on any atom is -0.496 e. The SMILES string of the molecule is CCC[C@H](NC(=O)[C@@H]1C[C@]2(CC(c3cc(Cl)ccc3OC)=NO2)CN1C(=O)[C@@H](NC(=O)CC(C)(C)C)C(C)(C)C)C(=O)C(N)=O. The van der Waals surface area contributed by atoms with E-state index in [0.29, 0.717) is 28.5 Å². The molecule has 12 nitrogen and oxygen atoms in total. The number of likely N-dealkylation sites (tertiary alicyclic amines) is 1. The first-order valence-corrected chi connectivity index (χ1v) is 15.5. The van der Waals surface area contributed by atoms with Gasteiger partial charge >= 0.3 is 0 Å². The van der Waals surface area contributed by atoms with E-state index in [1.54, 1.807) is 25.1 Å². The molecule has 4 amide bonds. The highest BCUT2D eigenvalue weighted by molar-refractivity contribution is 6.37. The minimum absolute atomic E-state index is 0.0241. The highest BCUT2D eigenvalue weighted by atomic mass is 35.5. The van der Waals surface area contributed by atoms with Crippen molar-refractivity contribution in [2.45, 2.75) is 104 Å². The van der Waals surface area contributed by atoms with E-state index in [1.807, 2.05) is 41.5 Å². The van der Waals surface area contributed by atoms with Crippen LogP contribution in [0.1, 0.15) is 86.1 Å². The molecule has 13 heteroatoms. The molecule has 4 atom stereocenters. The third kappa shape index (κ3) is 8.74. The van der Waals surface area contributed by atoms with Crippen LogP contribution in [0, 0.1) is 10.8 Å². The highest BCUT2D eigenvalue weighted by Crippen LogP contribution is 2.41. The Morgan fingerprint density at radius 3 is 2.38 bits per heavy atom. The molecule has 1 fully saturated rings. The zero-order valence-electron chi connectivity index (χ0n) is 27.4. The van der Waals surface area contributed by atoms with E-state index >= 15 is 0 Å². The van der Waals surface area contributed by atoms with Crippen LogP contribution in [0.15, 0.2) is 23.4 Å². The lowest BCUT2D eigenvalue weighted by Gasteiger charge is -2.36. The summed E-state index contributed by atoms with van der Waals surface area (Å²) >= 11 is 6.26. The first-order valence-electron chi connectivity index (χ1n) is 15.1. The number of oxime groups is 1. The number of nitrogens with one attached hydrogen (secondary N) is 2. The molecule has 2 aliphatic rings. The van der Waals surface area contributed by atoms with E-state index in [2.05, 4.69) is 15.8 Å². The molecule has 2 heterocycles. The number of ketones is 1. The smallest absolute Gasteiger partial charge is 0.287 e. The number of nitrogens with two attached hydrogens (primary N) is 1. The molecule has 1 aromatic carbocycles. The summed E-state index contributed by atoms with van der Waals surface area (Å²) in [6.07, 6.45) is 1.14. The van der Waals surface area contributed by atoms with Crippen LogP contribution in [0.4, 0.5) is 0 Å². The van der Waals surface area contributed by atoms with Gasteiger partial charge in [0.05, 0.1) is 25.4 Å². The van der Waals surface area contributed by atoms with Crippen molar-refractivity contribution in [3.05, 3.63) is 28.8 Å². The van der Waals surface area contributed by atoms with Gasteiger partial charge in [-0.3, -0.25) is 24.0 Å². The topological polar surface area (TPSA) is 169 Å². The number of amides is 4. The highest BCUT2D eigenvalue weighted by Gasteiger charge is 2.56. The summed E-state index contributed by atoms with van der Waals surface area (Å²) in [6.45, 7) is 13.0. The number of hydrogen-bond acceptors (Lipinski definition) is 8. The van der Waals surface area contributed by atoms with Gasteiger partial charge in [0.1, 0.15) is 17.8 Å². The summed E-state index contributed by atoms with van der Waals surface area (Å²) in [5.74, 6) is -2.97. The quantitative estimate of drug-likeness (QED) is 0.310. The number of Topliss-reactive ketones (excluding diaryl/α,β-unsaturated/α-hetero) is 1. The summed E-state index contributed by atoms with van der Waals surface area (Å²) in [5, 5.41) is 10.3. The van der Waals surface area contributed by atoms with Crippen molar-refractivity contribution in [2.24, 2.45) is 21.7 Å². The summed E-state index contributed by atoms with van der Waals surface area (Å²) < 4.78 is 5.50. The average molecular weight is 648 g/mol. The fourth-order valence-corrected chi connectivity index (χ4v) is 5.86. The summed E-state index contributed by atoms with van der Waals surface area (Å²) in [6, 6.07) is 1.88. The molecule has 1 spiro atoms. The Balaban J connectivity index is 1.99. The second-order valence-electron chi connectivity index (χ2n) is 14.2. The predicted molar refractivity (Wildman–Crippen MR) is 170 cm³/mol. The number of rotatable bonds is 11. The van der Waals surface area contributed by atoms with E-state index in [9.17, 15) is 24.0 Å². The summed E-state index contributed by atoms with van der Waals surface area (Å²) in [5.41, 5.74) is 4.27. The standard InChI is InChI=1S/C32H46ClN5O7/c1-9-10-20(25(40)27(34)41)35-28(42)22-15-32(14-21(37-45-32)19-13-18(33)11-12-23(19)44-8)17-38(22)29(43)26(31(5,6)7)36-24(39)16-30(2,3)4/h11-13,20,22,26H,9-10,14-17H2,1-8H3,(H2,34,41)(H,35,42)(H,36,39)/t20-,22-,26+,32+/m0/s1. The van der Waals surface area contributed by atoms with Crippen LogP contribution in [0.25, 0.3) is 0 Å². The van der Waals surface area contributed by atoms with Crippen LogP contribution < -0.4 is 21.1 Å². The van der Waals surface area contributed by atoms with Crippen LogP contribution in [-0.2, 0) is 28.8 Å². The molecule has 248 valence electrons. The fraction of sp³-hybridized carbons (Fsp3) is 0.625. The Labute approximate surface area is 269 Å². The van der Waals surface area contributed by atoms with Crippen molar-refractivity contribution >= 4 is 46.7 Å². The molecule has 0 unspecified atom stereocenters. The lowest BCUT2D eigenvalue weighted by Crippen LogP contribution is -2.59. The van der Waals surface area contributed by atoms with E-state index in [0.717, 1.165) is 0 Å². The monoisotopic (exact) mass is 647 g/mol. The predicted octanol–water partition coefficient (Wildman–Crippen LogP) is 3.12. The van der Waals surface area contributed by atoms with E-state index in [1.165, 1.54) is 12.0 Å². The maximum atomic E-state index is 14.4. The second kappa shape index (κ2) is 13.8. The van der Waals surface area contributed by atoms with Crippen molar-refractivity contribution in [2.75, 3.05) is 13.7 Å². The van der Waals surface area contributed by atoms with Gasteiger partial charge in [-0.15, -0.1) is 0 Å². The average Bonchev–Trinajstić information content (AvgIpc) is 3.52. The molecular weight excluding hydrogens is 602 g/mol. The minimum atomic E-state index is -1.16. The van der Waals surface area contributed by atoms with Crippen LogP contribution >= 0.6 is 11.6 Å². The molecule has 4 N–H and O–H groups in total. The number of carbonyl (C=O) groups excluding carboxylic acids is 5. The van der Waals surface area contributed by atoms with Gasteiger partial charge < -0.3 is 30.8 Å². The number of nitrogens with zero attached hydrogens (tertiary/aromatic N) is 2. The molecule has 0 radical (unpaired) electrons. The first kappa shape index (κ1) is 35.8. The number of primary amides is 1. The lowest BCUT2D eigenvalue weighted by atomic mass is 9.84. The number of halogens is 1. The zero-order chi connectivity index (χ0) is 33.9. The van der Waals surface area contributed by atoms with Crippen molar-refractivity contribution < 1.29 is 33.5 Å². The first-order chi connectivity index (χ1) is 20.8. The number of benzene rings is 1. The summed E-state index contributed by atoms with van der Waals surface area (Å²) in [7, 11) is 1.52. The number of hydrogen-bond donors (Lipinski definition) is 3. The van der Waals surface area contributed by atoms with Gasteiger partial charge in [-0.1, -0.05) is 71.6 Å². The number of carbonyl (C=O) groups is 5. The van der Waals surface area contributed by atoms with Crippen LogP contribution in [0.5, 0.6) is 5.75 Å². The van der Waals surface area contributed by atoms with Crippen molar-refractivity contribution in [1.82, 2.24) is 15.5 Å². The zero-order valence-corrected chi connectivity index (χ0v) is 28.2. The van der Waals surface area contributed by atoms with Gasteiger partial charge in [0.25, 0.3) is 5.91 Å². The molecule has 1 saturated heterocycles. The lowest BCUT2D eigenvalue weighted by molar-refractivity contribution is -0.145. The van der Waals surface area contributed by atoms with E-state index < -0.39 is 52.6 Å². The van der Waals surface area contributed by atoms with Crippen molar-refractivity contribution in [3.63, 3.8) is 0 Å². The molecule has 0 bridgehead atoms. The van der Waals surface area contributed by atoms with Crippen LogP contribution in [-0.4, -0.2) is 77.4 Å². The molecule has 0 saturated carbocycles. The van der Waals surface area contributed by atoms with Gasteiger partial charge in [-0.2, -0.15) is 0 Å². The maximum absolute atomic E-state index is 14.4. The normalized spacial score (nSPS) is 21.0. The van der Waals surface area contributed by atoms with Crippen molar-refractivity contribution in [1.29, 1.82) is 0 Å². The number of ether oxygens (including phenoxy) is 1. The Bertz CT molecular complexity index is 1370. The van der Waals surface area contributed by atoms with Gasteiger partial charge in [0.2, 0.25) is 23.5 Å². The Kier molecular flexibility index (Phi) is 10.9. The van der Waals surface area contributed by atoms with Crippen LogP contribution in [0.2, 0.25) is 5.02 Å². The second-order valence-corrected chi connectivity index (χ2v) is 14.6. The van der Waals surface area contributed by atoms with Gasteiger partial charge in [0, 0.05) is 29.8 Å². The molecule has 0 aromatic heterocycles. The summed E-state index contributed by atoms with van der Waals surface area (Å²) in [4.78, 5) is 72.9. The maximum Gasteiger partial charge on any atom is 0.287 e. The molecule has 2 aliphatic heterocycles. The Hall–Kier alpha value is -3.67. The molecule has 0 aliphatic carbocycles. The Morgan fingerprint density at radius 1 is 1.16 bits per heavy atom. The molecule has 45 heavy (non-hydrogen) atoms. The largest absolute Gasteiger partial charge is 0.496 e. The Morgan fingerprint density at radius 2 is 1.82 bits per heavy atom. The third-order valence-electron chi connectivity index (χ3n) is 7.86. The van der Waals surface area contributed by atoms with Crippen LogP contribution in [0.3, 0.4) is 0 Å². The van der Waals surface area contributed by atoms with Gasteiger partial charge in [-0.25, -0.2) is 0 Å². The van der Waals surface area contributed by atoms with Crippen molar-refractivity contribution in [3.8, 4) is 5.75 Å². The fourth-order valence-electron chi connectivity index (χ4n) is 5.68. The van der Waals surface area contributed by atoms with E-state index in [-0.39, 0.29) is 43.6 Å². The van der Waals surface area contributed by atoms with Gasteiger partial charge in [-0.05, 0) is 35.4 Å². The molecule has 1 aromatic rings. The molecule has 3 rings (SSSR count). The number of methoxy groups -OCH3 is 1. The van der Waals surface area contributed by atoms with Gasteiger partial charge in [0.15, 0.2) is 5.60 Å². The molecular formula is C32H46ClN5O7.